The van der Waals surface area contributed by atoms with Crippen molar-refractivity contribution in [1.82, 2.24) is 4.90 Å². The minimum Gasteiger partial charge on any atom is -0.481 e. The Labute approximate surface area is 108 Å². The van der Waals surface area contributed by atoms with Gasteiger partial charge in [-0.15, -0.1) is 0 Å². The van der Waals surface area contributed by atoms with E-state index in [0.717, 1.165) is 25.9 Å². The van der Waals surface area contributed by atoms with Gasteiger partial charge in [-0.05, 0) is 37.6 Å². The molecule has 0 radical (unpaired) electrons. The molecule has 1 aliphatic rings. The van der Waals surface area contributed by atoms with Crippen molar-refractivity contribution in [3.63, 3.8) is 0 Å². The molecule has 0 aromatic carbocycles. The number of carbonyl (C=O) groups is 2. The third kappa shape index (κ3) is 5.04. The number of carboxylic acids is 1. The highest BCUT2D eigenvalue weighted by Crippen LogP contribution is 2.22. The van der Waals surface area contributed by atoms with Crippen molar-refractivity contribution in [2.75, 3.05) is 19.6 Å². The number of nitrogens with two attached hydrogens (primary N) is 1. The minimum absolute atomic E-state index is 0.188. The Morgan fingerprint density at radius 3 is 2.78 bits per heavy atom. The van der Waals surface area contributed by atoms with E-state index >= 15 is 0 Å². The SMILES string of the molecule is CC(CN)CCC(=O)N1CCC(CCC(=O)O)C1. The Hall–Kier alpha value is -1.10. The fourth-order valence-electron chi connectivity index (χ4n) is 2.27. The monoisotopic (exact) mass is 256 g/mol. The first-order valence-electron chi connectivity index (χ1n) is 6.72. The Morgan fingerprint density at radius 1 is 1.44 bits per heavy atom. The number of likely N-dealkylation sites (tertiary alicyclic amines) is 1. The van der Waals surface area contributed by atoms with Gasteiger partial charge < -0.3 is 15.7 Å². The van der Waals surface area contributed by atoms with E-state index in [1.807, 2.05) is 11.8 Å². The van der Waals surface area contributed by atoms with E-state index in [2.05, 4.69) is 0 Å². The number of hydrogen-bond acceptors (Lipinski definition) is 3. The lowest BCUT2D eigenvalue weighted by Gasteiger charge is -2.17. The smallest absolute Gasteiger partial charge is 0.303 e. The minimum atomic E-state index is -0.753. The highest BCUT2D eigenvalue weighted by molar-refractivity contribution is 5.76. The molecule has 1 amide bonds. The van der Waals surface area contributed by atoms with Gasteiger partial charge in [-0.2, -0.15) is 0 Å². The molecule has 1 fully saturated rings. The quantitative estimate of drug-likeness (QED) is 0.714. The summed E-state index contributed by atoms with van der Waals surface area (Å²) in [7, 11) is 0. The topological polar surface area (TPSA) is 83.6 Å². The molecule has 0 bridgehead atoms. The van der Waals surface area contributed by atoms with E-state index in [1.54, 1.807) is 0 Å². The molecular weight excluding hydrogens is 232 g/mol. The van der Waals surface area contributed by atoms with Crippen LogP contribution < -0.4 is 5.73 Å². The molecule has 0 saturated carbocycles. The second-order valence-corrected chi connectivity index (χ2v) is 5.31. The molecule has 2 atom stereocenters. The Morgan fingerprint density at radius 2 is 2.17 bits per heavy atom. The predicted molar refractivity (Wildman–Crippen MR) is 69.0 cm³/mol. The van der Waals surface area contributed by atoms with Gasteiger partial charge in [0.15, 0.2) is 0 Å². The lowest BCUT2D eigenvalue weighted by Crippen LogP contribution is -2.29. The molecular formula is C13H24N2O3. The summed E-state index contributed by atoms with van der Waals surface area (Å²) in [5, 5.41) is 8.63. The van der Waals surface area contributed by atoms with Crippen LogP contribution in [0.1, 0.15) is 39.0 Å². The van der Waals surface area contributed by atoms with Crippen LogP contribution in [0.3, 0.4) is 0 Å². The van der Waals surface area contributed by atoms with E-state index in [0.29, 0.717) is 31.2 Å². The lowest BCUT2D eigenvalue weighted by atomic mass is 10.0. The molecule has 0 aromatic rings. The normalized spacial score (nSPS) is 21.0. The van der Waals surface area contributed by atoms with Gasteiger partial charge in [0.25, 0.3) is 0 Å². The average molecular weight is 256 g/mol. The van der Waals surface area contributed by atoms with Crippen molar-refractivity contribution in [3.05, 3.63) is 0 Å². The van der Waals surface area contributed by atoms with E-state index in [1.165, 1.54) is 0 Å². The second-order valence-electron chi connectivity index (χ2n) is 5.31. The van der Waals surface area contributed by atoms with Crippen LogP contribution in [0.15, 0.2) is 0 Å². The third-order valence-electron chi connectivity index (χ3n) is 3.66. The lowest BCUT2D eigenvalue weighted by molar-refractivity contribution is -0.137. The fourth-order valence-corrected chi connectivity index (χ4v) is 2.27. The molecule has 0 aromatic heterocycles. The van der Waals surface area contributed by atoms with Crippen molar-refractivity contribution in [2.45, 2.75) is 39.0 Å². The number of aliphatic carboxylic acids is 1. The first kappa shape index (κ1) is 15.0. The van der Waals surface area contributed by atoms with Crippen molar-refractivity contribution >= 4 is 11.9 Å². The van der Waals surface area contributed by atoms with Crippen LogP contribution in [0.5, 0.6) is 0 Å². The maximum atomic E-state index is 11.9. The van der Waals surface area contributed by atoms with Gasteiger partial charge in [-0.25, -0.2) is 0 Å². The number of hydrogen-bond donors (Lipinski definition) is 2. The summed E-state index contributed by atoms with van der Waals surface area (Å²) in [6.07, 6.45) is 3.22. The highest BCUT2D eigenvalue weighted by Gasteiger charge is 2.26. The zero-order chi connectivity index (χ0) is 13.5. The molecule has 3 N–H and O–H groups in total. The second kappa shape index (κ2) is 7.36. The number of carbonyl (C=O) groups excluding carboxylic acids is 1. The molecule has 5 nitrogen and oxygen atoms in total. The van der Waals surface area contributed by atoms with E-state index in [-0.39, 0.29) is 12.3 Å². The van der Waals surface area contributed by atoms with Gasteiger partial charge in [-0.1, -0.05) is 6.92 Å². The van der Waals surface area contributed by atoms with E-state index < -0.39 is 5.97 Å². The third-order valence-corrected chi connectivity index (χ3v) is 3.66. The van der Waals surface area contributed by atoms with Crippen LogP contribution in [0, 0.1) is 11.8 Å². The summed E-state index contributed by atoms with van der Waals surface area (Å²) in [4.78, 5) is 24.3. The molecule has 0 spiro atoms. The number of carboxylic acid groups (broad SMARTS) is 1. The summed E-state index contributed by atoms with van der Waals surface area (Å²) in [6.45, 7) is 4.17. The van der Waals surface area contributed by atoms with Crippen LogP contribution in [0.25, 0.3) is 0 Å². The fraction of sp³-hybridized carbons (Fsp3) is 0.846. The van der Waals surface area contributed by atoms with Gasteiger partial charge in [-0.3, -0.25) is 9.59 Å². The predicted octanol–water partition coefficient (Wildman–Crippen LogP) is 1.07. The Kier molecular flexibility index (Phi) is 6.12. The molecule has 104 valence electrons. The van der Waals surface area contributed by atoms with E-state index in [4.69, 9.17) is 10.8 Å². The average Bonchev–Trinajstić information content (AvgIpc) is 2.81. The van der Waals surface area contributed by atoms with Crippen molar-refractivity contribution in [2.24, 2.45) is 17.6 Å². The summed E-state index contributed by atoms with van der Waals surface area (Å²) in [5.74, 6) is 0.181. The van der Waals surface area contributed by atoms with Gasteiger partial charge >= 0.3 is 5.97 Å². The van der Waals surface area contributed by atoms with Crippen molar-refractivity contribution in [3.8, 4) is 0 Å². The number of amides is 1. The van der Waals surface area contributed by atoms with Crippen LogP contribution in [0.2, 0.25) is 0 Å². The van der Waals surface area contributed by atoms with Crippen LogP contribution in [-0.4, -0.2) is 41.5 Å². The first-order valence-corrected chi connectivity index (χ1v) is 6.72. The number of rotatable bonds is 7. The molecule has 1 saturated heterocycles. The molecule has 18 heavy (non-hydrogen) atoms. The zero-order valence-electron chi connectivity index (χ0n) is 11.1. The van der Waals surface area contributed by atoms with Crippen LogP contribution >= 0.6 is 0 Å². The van der Waals surface area contributed by atoms with Gasteiger partial charge in [0.2, 0.25) is 5.91 Å². The maximum Gasteiger partial charge on any atom is 0.303 e. The molecule has 2 unspecified atom stereocenters. The molecule has 1 aliphatic heterocycles. The van der Waals surface area contributed by atoms with Gasteiger partial charge in [0, 0.05) is 25.9 Å². The Bertz CT molecular complexity index is 294. The zero-order valence-corrected chi connectivity index (χ0v) is 11.1. The van der Waals surface area contributed by atoms with Crippen molar-refractivity contribution < 1.29 is 14.7 Å². The maximum absolute atomic E-state index is 11.9. The summed E-state index contributed by atoms with van der Waals surface area (Å²) >= 11 is 0. The summed E-state index contributed by atoms with van der Waals surface area (Å²) in [6, 6.07) is 0. The van der Waals surface area contributed by atoms with Gasteiger partial charge in [0.1, 0.15) is 0 Å². The van der Waals surface area contributed by atoms with Crippen LogP contribution in [-0.2, 0) is 9.59 Å². The Balaban J connectivity index is 2.24. The summed E-state index contributed by atoms with van der Waals surface area (Å²) < 4.78 is 0. The van der Waals surface area contributed by atoms with Crippen molar-refractivity contribution in [1.29, 1.82) is 0 Å². The summed E-state index contributed by atoms with van der Waals surface area (Å²) in [5.41, 5.74) is 5.52. The standard InChI is InChI=1S/C13H24N2O3/c1-10(8-14)2-4-12(16)15-7-6-11(9-15)3-5-13(17)18/h10-11H,2-9,14H2,1H3,(H,17,18). The van der Waals surface area contributed by atoms with Crippen LogP contribution in [0.4, 0.5) is 0 Å². The number of nitrogens with zero attached hydrogens (tertiary/aromatic N) is 1. The highest BCUT2D eigenvalue weighted by atomic mass is 16.4. The molecule has 1 rings (SSSR count). The van der Waals surface area contributed by atoms with Gasteiger partial charge in [0.05, 0.1) is 0 Å². The first-order chi connectivity index (χ1) is 8.52. The molecule has 1 heterocycles. The molecule has 0 aliphatic carbocycles. The molecule has 5 heteroatoms. The largest absolute Gasteiger partial charge is 0.481 e. The van der Waals surface area contributed by atoms with E-state index in [9.17, 15) is 9.59 Å².